The van der Waals surface area contributed by atoms with E-state index in [0.717, 1.165) is 23.4 Å². The first-order valence-corrected chi connectivity index (χ1v) is 15.1. The number of rotatable bonds is 5. The second-order valence-corrected chi connectivity index (χ2v) is 14.9. The Bertz CT molecular complexity index is 572. The maximum atomic E-state index is 6.05. The number of allylic oxidation sites excluding steroid dienone is 5. The molecule has 0 fully saturated rings. The van der Waals surface area contributed by atoms with Crippen LogP contribution in [0.2, 0.25) is 4.13 Å². The first kappa shape index (κ1) is 14.8. The molecule has 1 aromatic carbocycles. The first-order chi connectivity index (χ1) is 9.70. The van der Waals surface area contributed by atoms with Crippen LogP contribution in [0.15, 0.2) is 54.1 Å². The molecule has 0 saturated heterocycles. The Hall–Kier alpha value is -0.0969. The number of fused-ring (bicyclic) bond motifs is 1. The Morgan fingerprint density at radius 2 is 1.85 bits per heavy atom. The summed E-state index contributed by atoms with van der Waals surface area (Å²) in [5.41, 5.74) is 4.44. The van der Waals surface area contributed by atoms with E-state index >= 15 is 0 Å². The molecule has 0 aliphatic heterocycles. The summed E-state index contributed by atoms with van der Waals surface area (Å²) >= 11 is -1.99. The standard InChI is InChI=1S/C17H17.2ClH.Zr/c1-2-9-17(10-5-6-11-17)16-12-14-7-3-4-8-15(14)13-16;;;/h3-8,10-12H,1-2,9,13H2;2*1H;/q;;;+2/p-2. The molecule has 2 aliphatic rings. The Balaban J connectivity index is 1.80. The summed E-state index contributed by atoms with van der Waals surface area (Å²) in [5.74, 6) is 0. The van der Waals surface area contributed by atoms with Crippen LogP contribution in [-0.4, -0.2) is 0 Å². The normalized spacial score (nSPS) is 18.2. The molecule has 0 amide bonds. The van der Waals surface area contributed by atoms with Gasteiger partial charge in [0.1, 0.15) is 0 Å². The van der Waals surface area contributed by atoms with Gasteiger partial charge in [0.05, 0.1) is 0 Å². The summed E-state index contributed by atoms with van der Waals surface area (Å²) in [4.78, 5) is 0. The van der Waals surface area contributed by atoms with Gasteiger partial charge in [0, 0.05) is 0 Å². The second kappa shape index (κ2) is 6.34. The van der Waals surface area contributed by atoms with Crippen LogP contribution >= 0.6 is 17.0 Å². The molecule has 0 N–H and O–H groups in total. The summed E-state index contributed by atoms with van der Waals surface area (Å²) in [6.45, 7) is 0. The Labute approximate surface area is 135 Å². The van der Waals surface area contributed by atoms with Gasteiger partial charge in [-0.25, -0.2) is 0 Å². The molecule has 2 aliphatic carbocycles. The fourth-order valence-electron chi connectivity index (χ4n) is 3.14. The molecule has 1 aromatic rings. The first-order valence-electron chi connectivity index (χ1n) is 7.02. The van der Waals surface area contributed by atoms with Gasteiger partial charge in [0.2, 0.25) is 0 Å². The van der Waals surface area contributed by atoms with Gasteiger partial charge in [-0.2, -0.15) is 0 Å². The Morgan fingerprint density at radius 1 is 1.10 bits per heavy atom. The van der Waals surface area contributed by atoms with Crippen molar-refractivity contribution in [3.63, 3.8) is 0 Å². The quantitative estimate of drug-likeness (QED) is 0.597. The van der Waals surface area contributed by atoms with Gasteiger partial charge in [-0.05, 0) is 0 Å². The third-order valence-electron chi connectivity index (χ3n) is 4.22. The third kappa shape index (κ3) is 3.06. The molecule has 0 heterocycles. The van der Waals surface area contributed by atoms with E-state index in [1.807, 2.05) is 0 Å². The van der Waals surface area contributed by atoms with Crippen LogP contribution in [0, 0.1) is 5.41 Å². The van der Waals surface area contributed by atoms with E-state index in [4.69, 9.17) is 17.0 Å². The van der Waals surface area contributed by atoms with E-state index in [-0.39, 0.29) is 5.41 Å². The zero-order chi connectivity index (χ0) is 14.0. The van der Waals surface area contributed by atoms with Crippen molar-refractivity contribution in [2.45, 2.75) is 23.4 Å². The third-order valence-corrected chi connectivity index (χ3v) is 8.25. The molecule has 0 unspecified atom stereocenters. The van der Waals surface area contributed by atoms with Gasteiger partial charge < -0.3 is 0 Å². The maximum absolute atomic E-state index is 6.05. The van der Waals surface area contributed by atoms with Crippen LogP contribution in [0.25, 0.3) is 6.08 Å². The van der Waals surface area contributed by atoms with Crippen molar-refractivity contribution < 1.29 is 19.4 Å². The van der Waals surface area contributed by atoms with E-state index < -0.39 is 19.4 Å². The van der Waals surface area contributed by atoms with Crippen molar-refractivity contribution in [3.05, 3.63) is 65.3 Å². The molecule has 103 valence electrons. The minimum atomic E-state index is -1.99. The molecule has 3 heteroatoms. The minimum absolute atomic E-state index is 0.103. The molecule has 3 rings (SSSR count). The van der Waals surface area contributed by atoms with Crippen LogP contribution in [0.5, 0.6) is 0 Å². The Kier molecular flexibility index (Phi) is 4.70. The number of halogens is 2. The van der Waals surface area contributed by atoms with Gasteiger partial charge >= 0.3 is 137 Å². The molecule has 0 spiro atoms. The van der Waals surface area contributed by atoms with Gasteiger partial charge in [0.15, 0.2) is 0 Å². The molecule has 0 bridgehead atoms. The number of benzene rings is 1. The zero-order valence-corrected chi connectivity index (χ0v) is 15.3. The summed E-state index contributed by atoms with van der Waals surface area (Å²) in [5, 5.41) is 0. The SMILES string of the molecule is [Cl][Zr]([Cl])[CH2]CCC1(C2=Cc3ccccc3C2)C=CC=C1. The van der Waals surface area contributed by atoms with E-state index in [9.17, 15) is 0 Å². The van der Waals surface area contributed by atoms with E-state index in [1.54, 1.807) is 0 Å². The molecule has 0 nitrogen and oxygen atoms in total. The van der Waals surface area contributed by atoms with Crippen LogP contribution < -0.4 is 0 Å². The summed E-state index contributed by atoms with van der Waals surface area (Å²) in [6, 6.07) is 8.69. The van der Waals surface area contributed by atoms with Crippen molar-refractivity contribution in [1.29, 1.82) is 0 Å². The fourth-order valence-corrected chi connectivity index (χ4v) is 5.82. The molecule has 0 saturated carbocycles. The number of hydrogen-bond donors (Lipinski definition) is 0. The summed E-state index contributed by atoms with van der Waals surface area (Å²) < 4.78 is 1.05. The topological polar surface area (TPSA) is 0 Å². The molecule has 0 atom stereocenters. The average molecular weight is 383 g/mol. The zero-order valence-electron chi connectivity index (χ0n) is 11.3. The van der Waals surface area contributed by atoms with Crippen molar-refractivity contribution in [1.82, 2.24) is 0 Å². The van der Waals surface area contributed by atoms with Gasteiger partial charge in [-0.1, -0.05) is 0 Å². The summed E-state index contributed by atoms with van der Waals surface area (Å²) in [7, 11) is 12.1. The predicted molar refractivity (Wildman–Crippen MR) is 84.6 cm³/mol. The monoisotopic (exact) mass is 381 g/mol. The second-order valence-electron chi connectivity index (χ2n) is 5.50. The van der Waals surface area contributed by atoms with Crippen LogP contribution in [0.1, 0.15) is 24.0 Å². The van der Waals surface area contributed by atoms with Crippen LogP contribution in [-0.2, 0) is 25.8 Å². The predicted octanol–water partition coefficient (Wildman–Crippen LogP) is 5.86. The molecule has 0 radical (unpaired) electrons. The van der Waals surface area contributed by atoms with Crippen LogP contribution in [0.3, 0.4) is 0 Å². The molecule has 0 aromatic heterocycles. The van der Waals surface area contributed by atoms with Crippen LogP contribution in [0.4, 0.5) is 0 Å². The van der Waals surface area contributed by atoms with E-state index in [2.05, 4.69) is 54.6 Å². The average Bonchev–Trinajstić information content (AvgIpc) is 3.05. The summed E-state index contributed by atoms with van der Waals surface area (Å²) in [6.07, 6.45) is 14.7. The van der Waals surface area contributed by atoms with Crippen molar-refractivity contribution in [2.24, 2.45) is 5.41 Å². The molecule has 20 heavy (non-hydrogen) atoms. The van der Waals surface area contributed by atoms with Crippen molar-refractivity contribution >= 4 is 23.1 Å². The van der Waals surface area contributed by atoms with Gasteiger partial charge in [-0.3, -0.25) is 0 Å². The van der Waals surface area contributed by atoms with Gasteiger partial charge in [-0.15, -0.1) is 0 Å². The van der Waals surface area contributed by atoms with Gasteiger partial charge in [0.25, 0.3) is 0 Å². The molecular weight excluding hydrogens is 366 g/mol. The van der Waals surface area contributed by atoms with Crippen molar-refractivity contribution in [2.75, 3.05) is 0 Å². The Morgan fingerprint density at radius 3 is 2.55 bits per heavy atom. The molecular formula is C17H17Cl2Zr. The van der Waals surface area contributed by atoms with E-state index in [1.165, 1.54) is 16.7 Å². The van der Waals surface area contributed by atoms with Crippen molar-refractivity contribution in [3.8, 4) is 0 Å². The fraction of sp³-hybridized carbons (Fsp3) is 0.294. The van der Waals surface area contributed by atoms with E-state index in [0.29, 0.717) is 0 Å². The number of hydrogen-bond acceptors (Lipinski definition) is 0.